The summed E-state index contributed by atoms with van der Waals surface area (Å²) in [7, 11) is 1.57. The molecule has 1 aliphatic rings. The van der Waals surface area contributed by atoms with Gasteiger partial charge in [0.1, 0.15) is 0 Å². The summed E-state index contributed by atoms with van der Waals surface area (Å²) in [6.07, 6.45) is 4.13. The lowest BCUT2D eigenvalue weighted by molar-refractivity contribution is -0.122. The Morgan fingerprint density at radius 1 is 1.54 bits per heavy atom. The summed E-state index contributed by atoms with van der Waals surface area (Å²) in [6.45, 7) is 2.22. The van der Waals surface area contributed by atoms with E-state index >= 15 is 0 Å². The van der Waals surface area contributed by atoms with Crippen LogP contribution in [0.2, 0.25) is 0 Å². The molecule has 0 spiro atoms. The summed E-state index contributed by atoms with van der Waals surface area (Å²) in [5.74, 6) is 1.03. The summed E-state index contributed by atoms with van der Waals surface area (Å²) in [5, 5.41) is 9.61. The highest BCUT2D eigenvalue weighted by molar-refractivity contribution is 9.09. The molecule has 4 unspecified atom stereocenters. The van der Waals surface area contributed by atoms with Gasteiger partial charge in [0.05, 0.1) is 0 Å². The fourth-order valence-electron chi connectivity index (χ4n) is 2.10. The van der Waals surface area contributed by atoms with Crippen LogP contribution in [-0.4, -0.2) is 23.3 Å². The second kappa shape index (κ2) is 5.32. The molecule has 3 heteroatoms. The van der Waals surface area contributed by atoms with Crippen molar-refractivity contribution in [2.45, 2.75) is 43.7 Å². The Kier molecular flexibility index (Phi) is 4.70. The van der Waals surface area contributed by atoms with Gasteiger partial charge in [0, 0.05) is 17.9 Å². The van der Waals surface area contributed by atoms with E-state index in [0.717, 1.165) is 18.8 Å². The first kappa shape index (κ1) is 11.5. The van der Waals surface area contributed by atoms with Crippen molar-refractivity contribution in [1.82, 2.24) is 0 Å². The molecule has 2 nitrogen and oxygen atoms in total. The van der Waals surface area contributed by atoms with Gasteiger partial charge in [-0.15, -0.1) is 0 Å². The Labute approximate surface area is 88.8 Å². The van der Waals surface area contributed by atoms with Crippen LogP contribution in [0.4, 0.5) is 0 Å². The normalized spacial score (nSPS) is 37.4. The quantitative estimate of drug-likeness (QED) is 0.617. The van der Waals surface area contributed by atoms with Gasteiger partial charge in [-0.25, -0.2) is 0 Å². The SMILES string of the molecule is CCC1CCC(Br)C(C(O)OC)C1. The van der Waals surface area contributed by atoms with E-state index in [1.54, 1.807) is 7.11 Å². The van der Waals surface area contributed by atoms with Crippen molar-refractivity contribution in [2.75, 3.05) is 7.11 Å². The monoisotopic (exact) mass is 250 g/mol. The molecular weight excluding hydrogens is 232 g/mol. The Morgan fingerprint density at radius 3 is 2.77 bits per heavy atom. The minimum absolute atomic E-state index is 0.267. The van der Waals surface area contributed by atoms with Crippen molar-refractivity contribution in [3.63, 3.8) is 0 Å². The zero-order valence-corrected chi connectivity index (χ0v) is 9.96. The lowest BCUT2D eigenvalue weighted by Crippen LogP contribution is -2.35. The molecule has 0 aliphatic heterocycles. The van der Waals surface area contributed by atoms with E-state index in [1.807, 2.05) is 0 Å². The predicted molar refractivity (Wildman–Crippen MR) is 56.9 cm³/mol. The molecule has 0 bridgehead atoms. The van der Waals surface area contributed by atoms with Gasteiger partial charge in [-0.1, -0.05) is 29.3 Å². The minimum Gasteiger partial charge on any atom is -0.368 e. The molecule has 0 radical (unpaired) electrons. The molecule has 13 heavy (non-hydrogen) atoms. The first-order valence-electron chi connectivity index (χ1n) is 5.04. The van der Waals surface area contributed by atoms with Crippen molar-refractivity contribution in [3.8, 4) is 0 Å². The molecule has 1 N–H and O–H groups in total. The van der Waals surface area contributed by atoms with Gasteiger partial charge >= 0.3 is 0 Å². The van der Waals surface area contributed by atoms with Crippen LogP contribution in [0.3, 0.4) is 0 Å². The molecule has 0 aromatic rings. The Hall–Kier alpha value is 0.400. The van der Waals surface area contributed by atoms with Gasteiger partial charge in [-0.3, -0.25) is 0 Å². The van der Waals surface area contributed by atoms with Gasteiger partial charge in [0.15, 0.2) is 6.29 Å². The van der Waals surface area contributed by atoms with E-state index in [4.69, 9.17) is 4.74 Å². The van der Waals surface area contributed by atoms with Crippen LogP contribution in [0.15, 0.2) is 0 Å². The van der Waals surface area contributed by atoms with E-state index < -0.39 is 6.29 Å². The zero-order valence-electron chi connectivity index (χ0n) is 8.37. The fraction of sp³-hybridized carbons (Fsp3) is 1.00. The van der Waals surface area contributed by atoms with Crippen LogP contribution in [0, 0.1) is 11.8 Å². The van der Waals surface area contributed by atoms with Crippen LogP contribution in [-0.2, 0) is 4.74 Å². The summed E-state index contributed by atoms with van der Waals surface area (Å²) in [6, 6.07) is 0. The fourth-order valence-corrected chi connectivity index (χ4v) is 2.84. The third-order valence-electron chi connectivity index (χ3n) is 3.11. The topological polar surface area (TPSA) is 29.5 Å². The van der Waals surface area contributed by atoms with E-state index in [-0.39, 0.29) is 5.92 Å². The number of methoxy groups -OCH3 is 1. The summed E-state index contributed by atoms with van der Waals surface area (Å²) in [5.41, 5.74) is 0. The van der Waals surface area contributed by atoms with Crippen molar-refractivity contribution >= 4 is 15.9 Å². The average Bonchev–Trinajstić information content (AvgIpc) is 2.17. The molecule has 0 aromatic carbocycles. The number of hydrogen-bond donors (Lipinski definition) is 1. The summed E-state index contributed by atoms with van der Waals surface area (Å²) in [4.78, 5) is 0.422. The molecule has 0 amide bonds. The lowest BCUT2D eigenvalue weighted by Gasteiger charge is -2.34. The second-order valence-corrected chi connectivity index (χ2v) is 5.07. The number of hydrogen-bond acceptors (Lipinski definition) is 2. The molecule has 0 aromatic heterocycles. The van der Waals surface area contributed by atoms with Crippen LogP contribution in [0.1, 0.15) is 32.6 Å². The summed E-state index contributed by atoms with van der Waals surface area (Å²) >= 11 is 3.61. The Morgan fingerprint density at radius 2 is 2.23 bits per heavy atom. The molecule has 4 atom stereocenters. The number of alkyl halides is 1. The molecular formula is C10H19BrO2. The maximum atomic E-state index is 9.61. The molecule has 0 saturated heterocycles. The number of ether oxygens (including phenoxy) is 1. The highest BCUT2D eigenvalue weighted by atomic mass is 79.9. The van der Waals surface area contributed by atoms with Gasteiger partial charge in [0.2, 0.25) is 0 Å². The Bertz CT molecular complexity index is 148. The van der Waals surface area contributed by atoms with Gasteiger partial charge in [-0.05, 0) is 25.2 Å². The van der Waals surface area contributed by atoms with Crippen molar-refractivity contribution in [2.24, 2.45) is 11.8 Å². The molecule has 1 fully saturated rings. The van der Waals surface area contributed by atoms with Crippen molar-refractivity contribution in [1.29, 1.82) is 0 Å². The number of halogens is 1. The second-order valence-electron chi connectivity index (χ2n) is 3.89. The maximum absolute atomic E-state index is 9.61. The lowest BCUT2D eigenvalue weighted by atomic mass is 9.80. The minimum atomic E-state index is -0.598. The predicted octanol–water partition coefficient (Wildman–Crippen LogP) is 2.54. The van der Waals surface area contributed by atoms with Crippen LogP contribution < -0.4 is 0 Å². The van der Waals surface area contributed by atoms with Crippen LogP contribution >= 0.6 is 15.9 Å². The van der Waals surface area contributed by atoms with E-state index in [9.17, 15) is 5.11 Å². The summed E-state index contributed by atoms with van der Waals surface area (Å²) < 4.78 is 4.98. The molecule has 1 saturated carbocycles. The zero-order chi connectivity index (χ0) is 9.84. The smallest absolute Gasteiger partial charge is 0.158 e. The first-order valence-corrected chi connectivity index (χ1v) is 5.95. The standard InChI is InChI=1S/C10H19BrO2/c1-3-7-4-5-9(11)8(6-7)10(12)13-2/h7-10,12H,3-6H2,1-2H3. The molecule has 1 rings (SSSR count). The number of rotatable bonds is 3. The Balaban J connectivity index is 2.49. The van der Waals surface area contributed by atoms with Crippen LogP contribution in [0.5, 0.6) is 0 Å². The molecule has 1 aliphatic carbocycles. The number of aliphatic hydroxyl groups is 1. The number of aliphatic hydroxyl groups excluding tert-OH is 1. The van der Waals surface area contributed by atoms with E-state index in [0.29, 0.717) is 4.83 Å². The average molecular weight is 251 g/mol. The highest BCUT2D eigenvalue weighted by Gasteiger charge is 2.32. The molecule has 0 heterocycles. The van der Waals surface area contributed by atoms with Crippen molar-refractivity contribution in [3.05, 3.63) is 0 Å². The van der Waals surface area contributed by atoms with Crippen molar-refractivity contribution < 1.29 is 9.84 Å². The van der Waals surface area contributed by atoms with E-state index in [2.05, 4.69) is 22.9 Å². The highest BCUT2D eigenvalue weighted by Crippen LogP contribution is 2.37. The first-order chi connectivity index (χ1) is 6.19. The maximum Gasteiger partial charge on any atom is 0.158 e. The molecule has 78 valence electrons. The third kappa shape index (κ3) is 2.93. The van der Waals surface area contributed by atoms with E-state index in [1.165, 1.54) is 12.8 Å². The van der Waals surface area contributed by atoms with Gasteiger partial charge < -0.3 is 9.84 Å². The van der Waals surface area contributed by atoms with Gasteiger partial charge in [-0.2, -0.15) is 0 Å². The van der Waals surface area contributed by atoms with Crippen LogP contribution in [0.25, 0.3) is 0 Å². The largest absolute Gasteiger partial charge is 0.368 e. The van der Waals surface area contributed by atoms with Gasteiger partial charge in [0.25, 0.3) is 0 Å². The third-order valence-corrected chi connectivity index (χ3v) is 4.24.